The van der Waals surface area contributed by atoms with Gasteiger partial charge in [0, 0.05) is 17.1 Å². The Balaban J connectivity index is 1.68. The molecule has 130 valence electrons. The Labute approximate surface area is 153 Å². The molecule has 26 heavy (non-hydrogen) atoms. The number of H-pyrrole nitrogens is 1. The van der Waals surface area contributed by atoms with Gasteiger partial charge in [0.1, 0.15) is 0 Å². The zero-order valence-electron chi connectivity index (χ0n) is 14.4. The molecular weight excluding hydrogens is 346 g/mol. The Morgan fingerprint density at radius 2 is 1.96 bits per heavy atom. The van der Waals surface area contributed by atoms with Crippen molar-refractivity contribution >= 4 is 44.1 Å². The Hall–Kier alpha value is -2.99. The highest BCUT2D eigenvalue weighted by Crippen LogP contribution is 2.26. The molecular formula is C20H17N3O2S. The van der Waals surface area contributed by atoms with Crippen molar-refractivity contribution in [2.45, 2.75) is 19.8 Å². The molecule has 2 aromatic carbocycles. The first kappa shape index (κ1) is 16.5. The number of thiazole rings is 1. The molecule has 0 bridgehead atoms. The van der Waals surface area contributed by atoms with Crippen molar-refractivity contribution in [3.8, 4) is 0 Å². The first-order valence-corrected chi connectivity index (χ1v) is 9.17. The predicted molar refractivity (Wildman–Crippen MR) is 106 cm³/mol. The third-order valence-corrected chi connectivity index (χ3v) is 5.28. The number of carbonyl (C=O) groups is 1. The number of nitrogens with one attached hydrogen (secondary N) is 2. The van der Waals surface area contributed by atoms with Crippen LogP contribution in [-0.4, -0.2) is 15.9 Å². The van der Waals surface area contributed by atoms with Gasteiger partial charge in [0.15, 0.2) is 5.01 Å². The van der Waals surface area contributed by atoms with Crippen LogP contribution < -0.4 is 10.9 Å². The van der Waals surface area contributed by atoms with Crippen molar-refractivity contribution in [2.75, 3.05) is 5.32 Å². The minimum atomic E-state index is -0.257. The number of pyridine rings is 1. The summed E-state index contributed by atoms with van der Waals surface area (Å²) >= 11 is 1.36. The number of fused-ring (bicyclic) bond motifs is 2. The molecule has 0 atom stereocenters. The molecule has 0 radical (unpaired) electrons. The number of aromatic nitrogens is 2. The second-order valence-corrected chi connectivity index (χ2v) is 7.48. The third-order valence-electron chi connectivity index (χ3n) is 4.24. The standard InChI is InChI=1S/C20H17N3O2S/c1-11(2)14-10-18(24)22-16-9-12(7-8-13(14)16)21-19(25)20-23-15-5-3-4-6-17(15)26-20/h3-11H,1-2H3,(H,21,25)(H,22,24). The first-order chi connectivity index (χ1) is 12.5. The molecule has 0 fully saturated rings. The van der Waals surface area contributed by atoms with Crippen LogP contribution in [0.1, 0.15) is 35.1 Å². The largest absolute Gasteiger partial charge is 0.322 e. The minimum absolute atomic E-state index is 0.143. The SMILES string of the molecule is CC(C)c1cc(=O)[nH]c2cc(NC(=O)c3nc4ccccc4s3)ccc12. The Bertz CT molecular complexity index is 1160. The van der Waals surface area contributed by atoms with Gasteiger partial charge in [-0.1, -0.05) is 32.0 Å². The topological polar surface area (TPSA) is 74.8 Å². The van der Waals surface area contributed by atoms with Gasteiger partial charge in [-0.15, -0.1) is 11.3 Å². The second-order valence-electron chi connectivity index (χ2n) is 6.44. The van der Waals surface area contributed by atoms with Crippen molar-refractivity contribution in [3.05, 3.63) is 69.5 Å². The van der Waals surface area contributed by atoms with Gasteiger partial charge in [0.2, 0.25) is 5.56 Å². The Kier molecular flexibility index (Phi) is 4.05. The second kappa shape index (κ2) is 6.38. The molecule has 0 unspecified atom stereocenters. The zero-order valence-corrected chi connectivity index (χ0v) is 15.2. The number of nitrogens with zero attached hydrogens (tertiary/aromatic N) is 1. The number of benzene rings is 2. The summed E-state index contributed by atoms with van der Waals surface area (Å²) in [5.74, 6) is -0.0177. The lowest BCUT2D eigenvalue weighted by Crippen LogP contribution is -2.12. The monoisotopic (exact) mass is 363 g/mol. The maximum atomic E-state index is 12.5. The van der Waals surface area contributed by atoms with Crippen LogP contribution in [0.4, 0.5) is 5.69 Å². The fraction of sp³-hybridized carbons (Fsp3) is 0.150. The average molecular weight is 363 g/mol. The highest BCUT2D eigenvalue weighted by atomic mass is 32.1. The predicted octanol–water partition coefficient (Wildman–Crippen LogP) is 4.51. The van der Waals surface area contributed by atoms with Crippen molar-refractivity contribution in [1.29, 1.82) is 0 Å². The summed E-state index contributed by atoms with van der Waals surface area (Å²) in [4.78, 5) is 31.6. The van der Waals surface area contributed by atoms with E-state index in [-0.39, 0.29) is 17.4 Å². The van der Waals surface area contributed by atoms with E-state index in [1.165, 1.54) is 11.3 Å². The molecule has 5 nitrogen and oxygen atoms in total. The number of carbonyl (C=O) groups excluding carboxylic acids is 1. The molecule has 4 aromatic rings. The molecule has 0 aliphatic rings. The molecule has 4 rings (SSSR count). The quantitative estimate of drug-likeness (QED) is 0.562. The fourth-order valence-electron chi connectivity index (χ4n) is 3.00. The van der Waals surface area contributed by atoms with Gasteiger partial charge in [0.25, 0.3) is 5.91 Å². The summed E-state index contributed by atoms with van der Waals surface area (Å²) in [5.41, 5.74) is 3.00. The Morgan fingerprint density at radius 3 is 2.73 bits per heavy atom. The number of para-hydroxylation sites is 1. The first-order valence-electron chi connectivity index (χ1n) is 8.35. The highest BCUT2D eigenvalue weighted by molar-refractivity contribution is 7.20. The lowest BCUT2D eigenvalue weighted by molar-refractivity contribution is 0.102. The van der Waals surface area contributed by atoms with Crippen LogP contribution in [0.2, 0.25) is 0 Å². The van der Waals surface area contributed by atoms with Crippen molar-refractivity contribution < 1.29 is 4.79 Å². The number of amides is 1. The van der Waals surface area contributed by atoms with Gasteiger partial charge < -0.3 is 10.3 Å². The molecule has 0 saturated carbocycles. The zero-order chi connectivity index (χ0) is 18.3. The molecule has 2 aromatic heterocycles. The van der Waals surface area contributed by atoms with Crippen LogP contribution in [0.5, 0.6) is 0 Å². The normalized spacial score (nSPS) is 11.3. The van der Waals surface area contributed by atoms with Gasteiger partial charge in [-0.2, -0.15) is 0 Å². The van der Waals surface area contributed by atoms with E-state index >= 15 is 0 Å². The number of anilines is 1. The van der Waals surface area contributed by atoms with E-state index in [1.807, 2.05) is 36.4 Å². The van der Waals surface area contributed by atoms with E-state index in [4.69, 9.17) is 0 Å². The number of rotatable bonds is 3. The summed E-state index contributed by atoms with van der Waals surface area (Å²) < 4.78 is 0.974. The minimum Gasteiger partial charge on any atom is -0.322 e. The van der Waals surface area contributed by atoms with E-state index in [1.54, 1.807) is 12.1 Å². The molecule has 1 amide bonds. The number of hydrogen-bond donors (Lipinski definition) is 2. The van der Waals surface area contributed by atoms with Crippen LogP contribution in [0.25, 0.3) is 21.1 Å². The van der Waals surface area contributed by atoms with Gasteiger partial charge in [-0.25, -0.2) is 4.98 Å². The third kappa shape index (κ3) is 2.99. The maximum absolute atomic E-state index is 12.5. The molecule has 0 spiro atoms. The molecule has 2 heterocycles. The van der Waals surface area contributed by atoms with Gasteiger partial charge in [-0.05, 0) is 35.7 Å². The molecule has 0 saturated heterocycles. The van der Waals surface area contributed by atoms with Crippen LogP contribution in [0, 0.1) is 0 Å². The van der Waals surface area contributed by atoms with E-state index < -0.39 is 0 Å². The molecule has 2 N–H and O–H groups in total. The van der Waals surface area contributed by atoms with Gasteiger partial charge >= 0.3 is 0 Å². The summed E-state index contributed by atoms with van der Waals surface area (Å²) in [7, 11) is 0. The van der Waals surface area contributed by atoms with Crippen molar-refractivity contribution in [2.24, 2.45) is 0 Å². The molecule has 6 heteroatoms. The van der Waals surface area contributed by atoms with Gasteiger partial charge in [-0.3, -0.25) is 9.59 Å². The van der Waals surface area contributed by atoms with Crippen LogP contribution in [0.3, 0.4) is 0 Å². The van der Waals surface area contributed by atoms with Crippen molar-refractivity contribution in [1.82, 2.24) is 9.97 Å². The van der Waals surface area contributed by atoms with E-state index in [0.717, 1.165) is 21.2 Å². The smallest absolute Gasteiger partial charge is 0.284 e. The summed E-state index contributed by atoms with van der Waals surface area (Å²) in [6.07, 6.45) is 0. The van der Waals surface area contributed by atoms with E-state index in [0.29, 0.717) is 16.2 Å². The Morgan fingerprint density at radius 1 is 1.15 bits per heavy atom. The number of aromatic amines is 1. The van der Waals surface area contributed by atoms with E-state index in [2.05, 4.69) is 29.1 Å². The maximum Gasteiger partial charge on any atom is 0.284 e. The molecule has 0 aliphatic carbocycles. The fourth-order valence-corrected chi connectivity index (χ4v) is 3.86. The lowest BCUT2D eigenvalue weighted by Gasteiger charge is -2.11. The lowest BCUT2D eigenvalue weighted by atomic mass is 9.99. The number of hydrogen-bond acceptors (Lipinski definition) is 4. The van der Waals surface area contributed by atoms with E-state index in [9.17, 15) is 9.59 Å². The van der Waals surface area contributed by atoms with Crippen LogP contribution >= 0.6 is 11.3 Å². The molecule has 0 aliphatic heterocycles. The average Bonchev–Trinajstić information content (AvgIpc) is 3.05. The van der Waals surface area contributed by atoms with Crippen LogP contribution in [0.15, 0.2) is 53.3 Å². The van der Waals surface area contributed by atoms with Gasteiger partial charge in [0.05, 0.1) is 15.7 Å². The highest BCUT2D eigenvalue weighted by Gasteiger charge is 2.13. The van der Waals surface area contributed by atoms with Crippen molar-refractivity contribution in [3.63, 3.8) is 0 Å². The summed E-state index contributed by atoms with van der Waals surface area (Å²) in [5, 5.41) is 4.26. The summed E-state index contributed by atoms with van der Waals surface area (Å²) in [6, 6.07) is 14.8. The van der Waals surface area contributed by atoms with Crippen LogP contribution in [-0.2, 0) is 0 Å². The summed E-state index contributed by atoms with van der Waals surface area (Å²) in [6.45, 7) is 4.11.